The minimum atomic E-state index is -0.313. The van der Waals surface area contributed by atoms with E-state index in [1.807, 2.05) is 40.2 Å². The number of fused-ring (bicyclic) bond motifs is 1. The second-order valence-corrected chi connectivity index (χ2v) is 7.61. The number of aromatic nitrogens is 2. The number of rotatable bonds is 7. The zero-order valence-electron chi connectivity index (χ0n) is 15.3. The molecule has 5 nitrogen and oxygen atoms in total. The summed E-state index contributed by atoms with van der Waals surface area (Å²) >= 11 is 7.43. The molecule has 0 aliphatic carbocycles. The Balaban J connectivity index is 1.33. The summed E-state index contributed by atoms with van der Waals surface area (Å²) in [6.45, 7) is 0.672. The van der Waals surface area contributed by atoms with Crippen LogP contribution < -0.4 is 10.1 Å². The highest BCUT2D eigenvalue weighted by Gasteiger charge is 2.12. The maximum Gasteiger partial charge on any atom is 0.226 e. The average Bonchev–Trinajstić information content (AvgIpc) is 3.29. The van der Waals surface area contributed by atoms with Gasteiger partial charge in [-0.1, -0.05) is 23.7 Å². The Kier molecular flexibility index (Phi) is 5.78. The van der Waals surface area contributed by atoms with Crippen LogP contribution in [-0.2, 0) is 11.2 Å². The molecule has 29 heavy (non-hydrogen) atoms. The smallest absolute Gasteiger partial charge is 0.226 e. The lowest BCUT2D eigenvalue weighted by Gasteiger charge is -2.07. The van der Waals surface area contributed by atoms with Crippen molar-refractivity contribution in [2.24, 2.45) is 0 Å². The monoisotopic (exact) mass is 429 g/mol. The van der Waals surface area contributed by atoms with E-state index in [0.29, 0.717) is 23.9 Å². The number of carbonyl (C=O) groups excluding carboxylic acids is 1. The SMILES string of the molecule is O=C(Cc1csc2nc(-c3ccc(Cl)cc3)cn12)NCCOc1ccc(F)cc1. The van der Waals surface area contributed by atoms with Crippen LogP contribution in [0.4, 0.5) is 4.39 Å². The van der Waals surface area contributed by atoms with Crippen LogP contribution in [0, 0.1) is 5.82 Å². The van der Waals surface area contributed by atoms with E-state index in [1.54, 1.807) is 12.1 Å². The number of carbonyl (C=O) groups is 1. The molecule has 2 heterocycles. The number of thiazole rings is 1. The van der Waals surface area contributed by atoms with Crippen LogP contribution in [0.1, 0.15) is 5.69 Å². The zero-order valence-corrected chi connectivity index (χ0v) is 16.8. The quantitative estimate of drug-likeness (QED) is 0.437. The van der Waals surface area contributed by atoms with Gasteiger partial charge in [0, 0.05) is 27.9 Å². The number of nitrogens with one attached hydrogen (secondary N) is 1. The van der Waals surface area contributed by atoms with Gasteiger partial charge < -0.3 is 10.1 Å². The predicted octanol–water partition coefficient (Wildman–Crippen LogP) is 4.59. The minimum Gasteiger partial charge on any atom is -0.492 e. The first-order valence-electron chi connectivity index (χ1n) is 8.95. The number of imidazole rings is 1. The van der Waals surface area contributed by atoms with Crippen molar-refractivity contribution >= 4 is 33.8 Å². The summed E-state index contributed by atoms with van der Waals surface area (Å²) in [6.07, 6.45) is 2.17. The molecule has 8 heteroatoms. The van der Waals surface area contributed by atoms with Crippen molar-refractivity contribution in [3.63, 3.8) is 0 Å². The van der Waals surface area contributed by atoms with Gasteiger partial charge in [-0.3, -0.25) is 9.20 Å². The molecule has 2 aromatic heterocycles. The van der Waals surface area contributed by atoms with Gasteiger partial charge in [-0.15, -0.1) is 11.3 Å². The number of amides is 1. The van der Waals surface area contributed by atoms with E-state index in [1.165, 1.54) is 23.5 Å². The van der Waals surface area contributed by atoms with Gasteiger partial charge in [0.25, 0.3) is 0 Å². The molecule has 4 rings (SSSR count). The zero-order chi connectivity index (χ0) is 20.2. The van der Waals surface area contributed by atoms with Crippen molar-refractivity contribution in [2.45, 2.75) is 6.42 Å². The molecule has 0 radical (unpaired) electrons. The van der Waals surface area contributed by atoms with Crippen molar-refractivity contribution in [2.75, 3.05) is 13.2 Å². The predicted molar refractivity (Wildman–Crippen MR) is 112 cm³/mol. The summed E-state index contributed by atoms with van der Waals surface area (Å²) in [5.41, 5.74) is 2.68. The second-order valence-electron chi connectivity index (χ2n) is 6.34. The second kappa shape index (κ2) is 8.63. The van der Waals surface area contributed by atoms with E-state index in [9.17, 15) is 9.18 Å². The highest BCUT2D eigenvalue weighted by Crippen LogP contribution is 2.25. The summed E-state index contributed by atoms with van der Waals surface area (Å²) in [5, 5.41) is 5.44. The fourth-order valence-corrected chi connectivity index (χ4v) is 3.83. The fourth-order valence-electron chi connectivity index (χ4n) is 2.83. The Morgan fingerprint density at radius 1 is 1.17 bits per heavy atom. The van der Waals surface area contributed by atoms with E-state index in [-0.39, 0.29) is 18.1 Å². The number of hydrogen-bond donors (Lipinski definition) is 1. The van der Waals surface area contributed by atoms with Gasteiger partial charge in [0.1, 0.15) is 18.2 Å². The van der Waals surface area contributed by atoms with Crippen molar-refractivity contribution in [1.82, 2.24) is 14.7 Å². The molecule has 0 saturated heterocycles. The first kappa shape index (κ1) is 19.4. The Labute approximate surface area is 175 Å². The van der Waals surface area contributed by atoms with Crippen molar-refractivity contribution in [1.29, 1.82) is 0 Å². The topological polar surface area (TPSA) is 55.6 Å². The van der Waals surface area contributed by atoms with Crippen LogP contribution in [0.3, 0.4) is 0 Å². The summed E-state index contributed by atoms with van der Waals surface area (Å²) in [4.78, 5) is 17.7. The maximum atomic E-state index is 12.9. The van der Waals surface area contributed by atoms with Gasteiger partial charge in [-0.25, -0.2) is 9.37 Å². The van der Waals surface area contributed by atoms with Gasteiger partial charge >= 0.3 is 0 Å². The summed E-state index contributed by atoms with van der Waals surface area (Å²) < 4.78 is 20.3. The van der Waals surface area contributed by atoms with Crippen LogP contribution in [0.15, 0.2) is 60.1 Å². The van der Waals surface area contributed by atoms with E-state index in [2.05, 4.69) is 10.3 Å². The number of nitrogens with zero attached hydrogens (tertiary/aromatic N) is 2. The lowest BCUT2D eigenvalue weighted by atomic mass is 10.2. The fraction of sp³-hybridized carbons (Fsp3) is 0.143. The summed E-state index contributed by atoms with van der Waals surface area (Å²) in [6, 6.07) is 13.3. The largest absolute Gasteiger partial charge is 0.492 e. The van der Waals surface area contributed by atoms with Crippen LogP contribution >= 0.6 is 22.9 Å². The van der Waals surface area contributed by atoms with Gasteiger partial charge in [0.05, 0.1) is 18.7 Å². The molecule has 0 aliphatic heterocycles. The van der Waals surface area contributed by atoms with Crippen LogP contribution in [-0.4, -0.2) is 28.4 Å². The molecular formula is C21H17ClFN3O2S. The highest BCUT2D eigenvalue weighted by atomic mass is 35.5. The summed E-state index contributed by atoms with van der Waals surface area (Å²) in [7, 11) is 0. The van der Waals surface area contributed by atoms with Gasteiger partial charge in [0.15, 0.2) is 4.96 Å². The van der Waals surface area contributed by atoms with Crippen LogP contribution in [0.25, 0.3) is 16.2 Å². The standard InChI is InChI=1S/C21H17ClFN3O2S/c22-15-3-1-14(2-4-15)19-12-26-17(13-29-21(26)25-19)11-20(27)24-9-10-28-18-7-5-16(23)6-8-18/h1-8,12-13H,9-11H2,(H,24,27). The normalized spacial score (nSPS) is 11.0. The molecule has 4 aromatic rings. The molecule has 1 N–H and O–H groups in total. The average molecular weight is 430 g/mol. The molecule has 0 unspecified atom stereocenters. The van der Waals surface area contributed by atoms with E-state index in [0.717, 1.165) is 21.9 Å². The van der Waals surface area contributed by atoms with E-state index >= 15 is 0 Å². The van der Waals surface area contributed by atoms with Gasteiger partial charge in [-0.2, -0.15) is 0 Å². The number of ether oxygens (including phenoxy) is 1. The Morgan fingerprint density at radius 2 is 1.93 bits per heavy atom. The third kappa shape index (κ3) is 4.75. The van der Waals surface area contributed by atoms with Crippen molar-refractivity contribution in [3.05, 3.63) is 76.6 Å². The van der Waals surface area contributed by atoms with Crippen LogP contribution in [0.5, 0.6) is 5.75 Å². The highest BCUT2D eigenvalue weighted by molar-refractivity contribution is 7.15. The molecule has 0 aliphatic rings. The number of benzene rings is 2. The van der Waals surface area contributed by atoms with Crippen molar-refractivity contribution < 1.29 is 13.9 Å². The van der Waals surface area contributed by atoms with Crippen LogP contribution in [0.2, 0.25) is 5.02 Å². The number of hydrogen-bond acceptors (Lipinski definition) is 4. The molecule has 0 atom stereocenters. The molecular weight excluding hydrogens is 413 g/mol. The third-order valence-electron chi connectivity index (χ3n) is 4.27. The van der Waals surface area contributed by atoms with E-state index in [4.69, 9.17) is 16.3 Å². The minimum absolute atomic E-state index is 0.103. The van der Waals surface area contributed by atoms with Gasteiger partial charge in [0.2, 0.25) is 5.91 Å². The lowest BCUT2D eigenvalue weighted by Crippen LogP contribution is -2.29. The Morgan fingerprint density at radius 3 is 2.69 bits per heavy atom. The molecule has 0 spiro atoms. The molecule has 0 saturated carbocycles. The lowest BCUT2D eigenvalue weighted by molar-refractivity contribution is -0.120. The molecule has 0 fully saturated rings. The first-order chi connectivity index (χ1) is 14.1. The molecule has 2 aromatic carbocycles. The number of halogens is 2. The van der Waals surface area contributed by atoms with E-state index < -0.39 is 0 Å². The summed E-state index contributed by atoms with van der Waals surface area (Å²) in [5.74, 6) is 0.147. The Bertz CT molecular complexity index is 1120. The maximum absolute atomic E-state index is 12.9. The molecule has 148 valence electrons. The molecule has 1 amide bonds. The third-order valence-corrected chi connectivity index (χ3v) is 5.41. The molecule has 0 bridgehead atoms. The Hall–Kier alpha value is -2.90. The first-order valence-corrected chi connectivity index (χ1v) is 10.2. The van der Waals surface area contributed by atoms with Crippen molar-refractivity contribution in [3.8, 4) is 17.0 Å². The van der Waals surface area contributed by atoms with Gasteiger partial charge in [-0.05, 0) is 36.4 Å².